The van der Waals surface area contributed by atoms with Crippen molar-refractivity contribution in [1.29, 1.82) is 0 Å². The number of sulfonamides is 1. The van der Waals surface area contributed by atoms with Gasteiger partial charge in [0, 0.05) is 37.3 Å². The van der Waals surface area contributed by atoms with Crippen LogP contribution in [0.25, 0.3) is 10.9 Å². The SMILES string of the molecule is CCCCc1ccc(S(=O)(=O)N2CCN(C(C)c3nc(Nc4ccc(C(C)C)cc4)c4ccccc4n3)CC2)cc1. The van der Waals surface area contributed by atoms with Crippen molar-refractivity contribution in [2.75, 3.05) is 31.5 Å². The lowest BCUT2D eigenvalue weighted by Gasteiger charge is -2.37. The van der Waals surface area contributed by atoms with Crippen LogP contribution in [0.3, 0.4) is 0 Å². The topological polar surface area (TPSA) is 78.4 Å². The van der Waals surface area contributed by atoms with Crippen molar-refractivity contribution in [1.82, 2.24) is 19.2 Å². The van der Waals surface area contributed by atoms with Crippen LogP contribution in [-0.4, -0.2) is 53.8 Å². The molecule has 2 heterocycles. The molecule has 1 aliphatic heterocycles. The summed E-state index contributed by atoms with van der Waals surface area (Å²) in [6.07, 6.45) is 3.21. The van der Waals surface area contributed by atoms with Gasteiger partial charge < -0.3 is 5.32 Å². The zero-order valence-electron chi connectivity index (χ0n) is 24.5. The molecule has 3 aromatic carbocycles. The highest BCUT2D eigenvalue weighted by atomic mass is 32.2. The monoisotopic (exact) mass is 571 g/mol. The molecule has 4 aromatic rings. The molecule has 1 aliphatic rings. The fourth-order valence-corrected chi connectivity index (χ4v) is 6.74. The van der Waals surface area contributed by atoms with Crippen LogP contribution in [0, 0.1) is 0 Å². The number of fused-ring (bicyclic) bond motifs is 1. The van der Waals surface area contributed by atoms with E-state index in [1.165, 1.54) is 11.1 Å². The molecule has 0 amide bonds. The largest absolute Gasteiger partial charge is 0.340 e. The fourth-order valence-electron chi connectivity index (χ4n) is 5.32. The van der Waals surface area contributed by atoms with Gasteiger partial charge in [-0.05, 0) is 73.2 Å². The lowest BCUT2D eigenvalue weighted by atomic mass is 10.0. The molecule has 1 fully saturated rings. The molecule has 8 heteroatoms. The number of rotatable bonds is 10. The molecule has 1 aromatic heterocycles. The summed E-state index contributed by atoms with van der Waals surface area (Å²) in [5.74, 6) is 1.98. The predicted molar refractivity (Wildman–Crippen MR) is 167 cm³/mol. The molecule has 0 spiro atoms. The standard InChI is InChI=1S/C33H41N5O2S/c1-5-6-9-26-12-18-29(19-13-26)41(39,40)38-22-20-37(21-23-38)25(4)32-35-31-11-8-7-10-30(31)33(36-32)34-28-16-14-27(15-17-28)24(2)3/h7-8,10-19,24-25H,5-6,9,20-23H2,1-4H3,(H,34,35,36). The summed E-state index contributed by atoms with van der Waals surface area (Å²) in [7, 11) is -3.53. The van der Waals surface area contributed by atoms with E-state index in [0.717, 1.165) is 47.5 Å². The summed E-state index contributed by atoms with van der Waals surface area (Å²) in [5.41, 5.74) is 4.34. The number of benzene rings is 3. The Bertz CT molecular complexity index is 1560. The Balaban J connectivity index is 1.30. The van der Waals surface area contributed by atoms with E-state index in [1.54, 1.807) is 16.4 Å². The Morgan fingerprint density at radius 3 is 2.20 bits per heavy atom. The molecular formula is C33H41N5O2S. The average molecular weight is 572 g/mol. The summed E-state index contributed by atoms with van der Waals surface area (Å²) in [5, 5.41) is 4.48. The van der Waals surface area contributed by atoms with Crippen LogP contribution in [-0.2, 0) is 16.4 Å². The number of piperazine rings is 1. The van der Waals surface area contributed by atoms with Gasteiger partial charge in [-0.15, -0.1) is 0 Å². The summed E-state index contributed by atoms with van der Waals surface area (Å²) >= 11 is 0. The maximum Gasteiger partial charge on any atom is 0.243 e. The van der Waals surface area contributed by atoms with E-state index in [2.05, 4.69) is 62.2 Å². The van der Waals surface area contributed by atoms with E-state index in [-0.39, 0.29) is 6.04 Å². The number of aromatic nitrogens is 2. The van der Waals surface area contributed by atoms with E-state index in [0.29, 0.717) is 37.0 Å². The zero-order valence-corrected chi connectivity index (χ0v) is 25.4. The van der Waals surface area contributed by atoms with Gasteiger partial charge in [0.05, 0.1) is 16.5 Å². The van der Waals surface area contributed by atoms with Crippen LogP contribution in [0.5, 0.6) is 0 Å². The minimum absolute atomic E-state index is 0.0637. The summed E-state index contributed by atoms with van der Waals surface area (Å²) in [4.78, 5) is 12.5. The number of para-hydroxylation sites is 1. The third kappa shape index (κ3) is 6.61. The number of hydrogen-bond donors (Lipinski definition) is 1. The minimum atomic E-state index is -3.53. The third-order valence-electron chi connectivity index (χ3n) is 8.04. The predicted octanol–water partition coefficient (Wildman–Crippen LogP) is 6.91. The first-order chi connectivity index (χ1) is 19.8. The van der Waals surface area contributed by atoms with Crippen LogP contribution >= 0.6 is 0 Å². The van der Waals surface area contributed by atoms with Crippen molar-refractivity contribution in [3.63, 3.8) is 0 Å². The van der Waals surface area contributed by atoms with Crippen LogP contribution in [0.1, 0.15) is 69.4 Å². The van der Waals surface area contributed by atoms with Crippen molar-refractivity contribution in [2.24, 2.45) is 0 Å². The highest BCUT2D eigenvalue weighted by molar-refractivity contribution is 7.89. The van der Waals surface area contributed by atoms with Crippen molar-refractivity contribution in [3.8, 4) is 0 Å². The Hall–Kier alpha value is -3.33. The second-order valence-corrected chi connectivity index (χ2v) is 13.2. The second kappa shape index (κ2) is 12.7. The molecule has 1 saturated heterocycles. The van der Waals surface area contributed by atoms with Gasteiger partial charge in [0.1, 0.15) is 11.6 Å². The van der Waals surface area contributed by atoms with Gasteiger partial charge in [0.25, 0.3) is 0 Å². The average Bonchev–Trinajstić information content (AvgIpc) is 3.00. The van der Waals surface area contributed by atoms with Crippen molar-refractivity contribution < 1.29 is 8.42 Å². The smallest absolute Gasteiger partial charge is 0.243 e. The van der Waals surface area contributed by atoms with Gasteiger partial charge in [-0.3, -0.25) is 4.90 Å². The molecule has 41 heavy (non-hydrogen) atoms. The first-order valence-corrected chi connectivity index (χ1v) is 16.2. The molecule has 1 N–H and O–H groups in total. The van der Waals surface area contributed by atoms with E-state index in [1.807, 2.05) is 36.4 Å². The first-order valence-electron chi connectivity index (χ1n) is 14.7. The van der Waals surface area contributed by atoms with Crippen molar-refractivity contribution in [3.05, 3.63) is 89.7 Å². The number of unbranched alkanes of at least 4 members (excludes halogenated alkanes) is 1. The molecular weight excluding hydrogens is 530 g/mol. The van der Waals surface area contributed by atoms with Gasteiger partial charge >= 0.3 is 0 Å². The molecule has 1 unspecified atom stereocenters. The summed E-state index contributed by atoms with van der Waals surface area (Å²) < 4.78 is 28.3. The molecule has 7 nitrogen and oxygen atoms in total. The number of nitrogens with zero attached hydrogens (tertiary/aromatic N) is 4. The first kappa shape index (κ1) is 29.2. The fraction of sp³-hybridized carbons (Fsp3) is 0.394. The maximum atomic E-state index is 13.4. The number of anilines is 2. The van der Waals surface area contributed by atoms with Gasteiger partial charge in [-0.25, -0.2) is 18.4 Å². The Kier molecular flexibility index (Phi) is 9.02. The number of aryl methyl sites for hydroxylation is 1. The highest BCUT2D eigenvalue weighted by Crippen LogP contribution is 2.29. The van der Waals surface area contributed by atoms with Crippen LogP contribution in [0.2, 0.25) is 0 Å². The van der Waals surface area contributed by atoms with Crippen LogP contribution < -0.4 is 5.32 Å². The van der Waals surface area contributed by atoms with E-state index < -0.39 is 10.0 Å². The van der Waals surface area contributed by atoms with E-state index in [9.17, 15) is 8.42 Å². The molecule has 0 saturated carbocycles. The molecule has 216 valence electrons. The molecule has 5 rings (SSSR count). The summed E-state index contributed by atoms with van der Waals surface area (Å²) in [6.45, 7) is 10.7. The Morgan fingerprint density at radius 2 is 1.54 bits per heavy atom. The molecule has 0 radical (unpaired) electrons. The number of nitrogens with one attached hydrogen (secondary N) is 1. The molecule has 0 aliphatic carbocycles. The van der Waals surface area contributed by atoms with Crippen LogP contribution in [0.15, 0.2) is 77.7 Å². The highest BCUT2D eigenvalue weighted by Gasteiger charge is 2.31. The lowest BCUT2D eigenvalue weighted by Crippen LogP contribution is -2.49. The van der Waals surface area contributed by atoms with Gasteiger partial charge in [-0.1, -0.05) is 63.6 Å². The minimum Gasteiger partial charge on any atom is -0.340 e. The van der Waals surface area contributed by atoms with Crippen molar-refractivity contribution in [2.45, 2.75) is 63.8 Å². The van der Waals surface area contributed by atoms with Crippen molar-refractivity contribution >= 4 is 32.4 Å². The maximum absolute atomic E-state index is 13.4. The van der Waals surface area contributed by atoms with E-state index >= 15 is 0 Å². The Labute approximate surface area is 244 Å². The molecule has 1 atom stereocenters. The zero-order chi connectivity index (χ0) is 29.0. The summed E-state index contributed by atoms with van der Waals surface area (Å²) in [6, 6.07) is 23.9. The van der Waals surface area contributed by atoms with Gasteiger partial charge in [-0.2, -0.15) is 4.31 Å². The van der Waals surface area contributed by atoms with Gasteiger partial charge in [0.2, 0.25) is 10.0 Å². The normalized spacial score (nSPS) is 15.8. The van der Waals surface area contributed by atoms with Crippen LogP contribution in [0.4, 0.5) is 11.5 Å². The van der Waals surface area contributed by atoms with Gasteiger partial charge in [0.15, 0.2) is 0 Å². The quantitative estimate of drug-likeness (QED) is 0.223. The van der Waals surface area contributed by atoms with E-state index in [4.69, 9.17) is 9.97 Å². The third-order valence-corrected chi connectivity index (χ3v) is 9.95. The lowest BCUT2D eigenvalue weighted by molar-refractivity contribution is 0.141. The second-order valence-electron chi connectivity index (χ2n) is 11.2. The number of hydrogen-bond acceptors (Lipinski definition) is 6. The Morgan fingerprint density at radius 1 is 0.854 bits per heavy atom. The molecule has 0 bridgehead atoms.